The third-order valence-electron chi connectivity index (χ3n) is 5.88. The molecule has 3 aromatic rings. The predicted molar refractivity (Wildman–Crippen MR) is 141 cm³/mol. The summed E-state index contributed by atoms with van der Waals surface area (Å²) in [4.78, 5) is 26.5. The molecule has 1 aromatic heterocycles. The van der Waals surface area contributed by atoms with Crippen LogP contribution in [0.5, 0.6) is 11.5 Å². The zero-order valence-corrected chi connectivity index (χ0v) is 22.3. The van der Waals surface area contributed by atoms with Crippen LogP contribution in [0.4, 0.5) is 5.82 Å². The Kier molecular flexibility index (Phi) is 7.24. The summed E-state index contributed by atoms with van der Waals surface area (Å²) in [6.07, 6.45) is 0. The molecule has 4 rings (SSSR count). The fourth-order valence-corrected chi connectivity index (χ4v) is 5.68. The largest absolute Gasteiger partial charge is 0.493 e. The number of anilines is 1. The van der Waals surface area contributed by atoms with Gasteiger partial charge in [-0.2, -0.15) is 5.10 Å². The van der Waals surface area contributed by atoms with Crippen molar-refractivity contribution in [1.29, 1.82) is 0 Å². The van der Waals surface area contributed by atoms with Crippen molar-refractivity contribution < 1.29 is 24.2 Å². The monoisotopic (exact) mass is 529 g/mol. The van der Waals surface area contributed by atoms with Gasteiger partial charge in [0.15, 0.2) is 11.5 Å². The molecule has 0 saturated heterocycles. The van der Waals surface area contributed by atoms with E-state index in [4.69, 9.17) is 26.2 Å². The van der Waals surface area contributed by atoms with Gasteiger partial charge in [-0.15, -0.1) is 11.8 Å². The highest BCUT2D eigenvalue weighted by Crippen LogP contribution is 2.49. The quantitative estimate of drug-likeness (QED) is 0.475. The lowest BCUT2D eigenvalue weighted by atomic mass is 9.87. The standard InChI is InChI=1S/C26H28ClN3O5S/c1-26(2,3)24-22-23(15-10-11-18(34-4)19(12-15)35-5)36-14-20(31)29(13-21(32)33)25(22)30(28-24)17-9-7-6-8-16(17)27/h6-12,23H,13-14H2,1-5H3,(H,32,33). The molecule has 1 N–H and O–H groups in total. The Morgan fingerprint density at radius 1 is 1.17 bits per heavy atom. The normalized spacial score (nSPS) is 15.9. The number of thioether (sulfide) groups is 1. The van der Waals surface area contributed by atoms with Crippen LogP contribution < -0.4 is 14.4 Å². The number of carboxylic acid groups (broad SMARTS) is 1. The van der Waals surface area contributed by atoms with E-state index < -0.39 is 17.9 Å². The molecular weight excluding hydrogens is 502 g/mol. The third-order valence-corrected chi connectivity index (χ3v) is 7.46. The Hall–Kier alpha value is -3.17. The number of carbonyl (C=O) groups is 2. The highest BCUT2D eigenvalue weighted by molar-refractivity contribution is 8.00. The van der Waals surface area contributed by atoms with E-state index >= 15 is 0 Å². The number of fused-ring (bicyclic) bond motifs is 1. The van der Waals surface area contributed by atoms with Gasteiger partial charge in [0, 0.05) is 11.0 Å². The average Bonchev–Trinajstić information content (AvgIpc) is 3.16. The molecule has 0 aliphatic carbocycles. The molecule has 2 heterocycles. The fourth-order valence-electron chi connectivity index (χ4n) is 4.28. The second-order valence-corrected chi connectivity index (χ2v) is 10.9. The average molecular weight is 530 g/mol. The maximum atomic E-state index is 13.4. The van der Waals surface area contributed by atoms with Crippen molar-refractivity contribution in [3.8, 4) is 17.2 Å². The number of para-hydroxylation sites is 1. The van der Waals surface area contributed by atoms with Crippen molar-refractivity contribution in [2.75, 3.05) is 31.4 Å². The maximum Gasteiger partial charge on any atom is 0.323 e. The Bertz CT molecular complexity index is 1320. The molecule has 0 radical (unpaired) electrons. The van der Waals surface area contributed by atoms with Gasteiger partial charge in [0.2, 0.25) is 5.91 Å². The van der Waals surface area contributed by atoms with Gasteiger partial charge in [-0.1, -0.05) is 50.6 Å². The van der Waals surface area contributed by atoms with E-state index in [1.807, 2.05) is 45.0 Å². The maximum absolute atomic E-state index is 13.4. The van der Waals surface area contributed by atoms with Crippen LogP contribution in [0.1, 0.15) is 42.8 Å². The Morgan fingerprint density at radius 2 is 1.86 bits per heavy atom. The molecule has 0 saturated carbocycles. The molecule has 8 nitrogen and oxygen atoms in total. The van der Waals surface area contributed by atoms with Crippen molar-refractivity contribution in [2.24, 2.45) is 0 Å². The molecule has 1 amide bonds. The number of aromatic nitrogens is 2. The summed E-state index contributed by atoms with van der Waals surface area (Å²) < 4.78 is 12.6. The lowest BCUT2D eigenvalue weighted by Crippen LogP contribution is -2.38. The number of halogens is 1. The summed E-state index contributed by atoms with van der Waals surface area (Å²) >= 11 is 7.99. The van der Waals surface area contributed by atoms with Crippen LogP contribution in [0.2, 0.25) is 5.02 Å². The van der Waals surface area contributed by atoms with E-state index in [-0.39, 0.29) is 16.9 Å². The zero-order valence-electron chi connectivity index (χ0n) is 20.7. The summed E-state index contributed by atoms with van der Waals surface area (Å²) in [7, 11) is 3.14. The highest BCUT2D eigenvalue weighted by atomic mass is 35.5. The Labute approximate surface area is 219 Å². The van der Waals surface area contributed by atoms with Crippen LogP contribution in [0.15, 0.2) is 42.5 Å². The van der Waals surface area contributed by atoms with Gasteiger partial charge < -0.3 is 14.6 Å². The molecule has 10 heteroatoms. The lowest BCUT2D eigenvalue weighted by molar-refractivity contribution is -0.136. The van der Waals surface area contributed by atoms with Gasteiger partial charge in [0.1, 0.15) is 12.4 Å². The Morgan fingerprint density at radius 3 is 2.47 bits per heavy atom. The zero-order chi connectivity index (χ0) is 26.2. The Balaban J connectivity index is 2.07. The predicted octanol–water partition coefficient (Wildman–Crippen LogP) is 5.09. The first-order valence-electron chi connectivity index (χ1n) is 11.3. The summed E-state index contributed by atoms with van der Waals surface area (Å²) in [6, 6.07) is 12.8. The number of benzene rings is 2. The SMILES string of the molecule is COc1ccc(C2SCC(=O)N(CC(=O)O)c3c2c(C(C)(C)C)nn3-c2ccccc2Cl)cc1OC. The molecule has 1 aliphatic rings. The number of hydrogen-bond acceptors (Lipinski definition) is 6. The lowest BCUT2D eigenvalue weighted by Gasteiger charge is -2.24. The van der Waals surface area contributed by atoms with Crippen LogP contribution in [-0.4, -0.2) is 53.3 Å². The molecule has 1 unspecified atom stereocenters. The van der Waals surface area contributed by atoms with E-state index in [9.17, 15) is 14.7 Å². The van der Waals surface area contributed by atoms with Gasteiger partial charge in [-0.25, -0.2) is 4.68 Å². The van der Waals surface area contributed by atoms with Crippen molar-refractivity contribution in [1.82, 2.24) is 9.78 Å². The smallest absolute Gasteiger partial charge is 0.323 e. The summed E-state index contributed by atoms with van der Waals surface area (Å²) in [5.74, 6) is 0.212. The van der Waals surface area contributed by atoms with Gasteiger partial charge in [0.05, 0.1) is 41.6 Å². The number of hydrogen-bond donors (Lipinski definition) is 1. The molecule has 36 heavy (non-hydrogen) atoms. The number of nitrogens with zero attached hydrogens (tertiary/aromatic N) is 3. The summed E-state index contributed by atoms with van der Waals surface area (Å²) in [6.45, 7) is 5.62. The van der Waals surface area contributed by atoms with E-state index in [1.165, 1.54) is 16.7 Å². The van der Waals surface area contributed by atoms with Crippen molar-refractivity contribution in [3.05, 3.63) is 64.3 Å². The number of methoxy groups -OCH3 is 2. The van der Waals surface area contributed by atoms with E-state index in [0.717, 1.165) is 16.8 Å². The number of carbonyl (C=O) groups excluding carboxylic acids is 1. The van der Waals surface area contributed by atoms with Gasteiger partial charge in [-0.05, 0) is 29.8 Å². The molecule has 0 fully saturated rings. The van der Waals surface area contributed by atoms with Gasteiger partial charge in [0.25, 0.3) is 0 Å². The van der Waals surface area contributed by atoms with Crippen LogP contribution in [0.25, 0.3) is 5.69 Å². The molecule has 0 bridgehead atoms. The van der Waals surface area contributed by atoms with Crippen LogP contribution in [0, 0.1) is 0 Å². The first-order valence-corrected chi connectivity index (χ1v) is 12.7. The molecule has 1 aliphatic heterocycles. The minimum atomic E-state index is -1.12. The topological polar surface area (TPSA) is 93.9 Å². The second-order valence-electron chi connectivity index (χ2n) is 9.38. The minimum absolute atomic E-state index is 0.0904. The minimum Gasteiger partial charge on any atom is -0.493 e. The van der Waals surface area contributed by atoms with Crippen molar-refractivity contribution >= 4 is 41.1 Å². The highest BCUT2D eigenvalue weighted by Gasteiger charge is 2.40. The number of amides is 1. The van der Waals surface area contributed by atoms with Crippen molar-refractivity contribution in [2.45, 2.75) is 31.4 Å². The van der Waals surface area contributed by atoms with E-state index in [0.29, 0.717) is 28.0 Å². The van der Waals surface area contributed by atoms with E-state index in [1.54, 1.807) is 37.1 Å². The number of ether oxygens (including phenoxy) is 2. The molecular formula is C26H28ClN3O5S. The van der Waals surface area contributed by atoms with Gasteiger partial charge in [-0.3, -0.25) is 14.5 Å². The first kappa shape index (κ1) is 25.9. The summed E-state index contributed by atoms with van der Waals surface area (Å²) in [5.41, 5.74) is 2.54. The van der Waals surface area contributed by atoms with Gasteiger partial charge >= 0.3 is 5.97 Å². The third kappa shape index (κ3) is 4.77. The number of carboxylic acids is 1. The first-order chi connectivity index (χ1) is 17.1. The molecule has 2 aromatic carbocycles. The van der Waals surface area contributed by atoms with Crippen LogP contribution in [0.3, 0.4) is 0 Å². The summed E-state index contributed by atoms with van der Waals surface area (Å²) in [5, 5.41) is 14.8. The number of rotatable bonds is 6. The second kappa shape index (κ2) is 10.1. The molecule has 0 spiro atoms. The molecule has 190 valence electrons. The van der Waals surface area contributed by atoms with Crippen LogP contribution in [-0.2, 0) is 15.0 Å². The van der Waals surface area contributed by atoms with Crippen LogP contribution >= 0.6 is 23.4 Å². The fraction of sp³-hybridized carbons (Fsp3) is 0.346. The van der Waals surface area contributed by atoms with E-state index in [2.05, 4.69) is 0 Å². The number of aliphatic carboxylic acids is 1. The molecule has 1 atom stereocenters. The van der Waals surface area contributed by atoms with Crippen molar-refractivity contribution in [3.63, 3.8) is 0 Å².